The summed E-state index contributed by atoms with van der Waals surface area (Å²) < 4.78 is 5.36. The molecule has 3 N–H and O–H groups in total. The van der Waals surface area contributed by atoms with Crippen LogP contribution < -0.4 is 10.2 Å². The van der Waals surface area contributed by atoms with Gasteiger partial charge in [-0.05, 0) is 77.5 Å². The van der Waals surface area contributed by atoms with Crippen molar-refractivity contribution in [2.45, 2.75) is 90.7 Å². The number of nitrogens with one attached hydrogen (secondary N) is 1. The van der Waals surface area contributed by atoms with Crippen LogP contribution in [-0.4, -0.2) is 40.5 Å². The number of rotatable bonds is 6. The summed E-state index contributed by atoms with van der Waals surface area (Å²) in [7, 11) is 0. The normalized spacial score (nSPS) is 19.9. The van der Waals surface area contributed by atoms with Gasteiger partial charge in [-0.3, -0.25) is 0 Å². The Morgan fingerprint density at radius 2 is 1.86 bits per heavy atom. The van der Waals surface area contributed by atoms with Gasteiger partial charge in [0.05, 0.1) is 0 Å². The third-order valence-electron chi connectivity index (χ3n) is 5.37. The van der Waals surface area contributed by atoms with Gasteiger partial charge in [-0.1, -0.05) is 18.5 Å². The molecule has 0 atom stereocenters. The Morgan fingerprint density at radius 1 is 1.24 bits per heavy atom. The number of carbonyl (C=O) groups is 1. The quantitative estimate of drug-likeness (QED) is 0.581. The Labute approximate surface area is 179 Å². The molecule has 0 radical (unpaired) electrons. The average molecular weight is 427 g/mol. The fraction of sp³-hybridized carbons (Fsp3) is 0.682. The molecule has 1 fully saturated rings. The van der Waals surface area contributed by atoms with Crippen molar-refractivity contribution in [1.82, 2.24) is 5.32 Å². The topological polar surface area (TPSA) is 82.0 Å². The van der Waals surface area contributed by atoms with E-state index >= 15 is 0 Å². The number of nitrogens with zero attached hydrogens (tertiary/aromatic N) is 1. The third kappa shape index (κ3) is 6.49. The SMILES string of the molecule is CCc1c(C(O)O)cc(Cl)cc1N(CC)C1CCC(NC(=O)OC(C)(C)C)CC1. The van der Waals surface area contributed by atoms with E-state index in [0.717, 1.165) is 43.5 Å². The van der Waals surface area contributed by atoms with Crippen LogP contribution in [0.15, 0.2) is 12.1 Å². The zero-order valence-corrected chi connectivity index (χ0v) is 18.9. The lowest BCUT2D eigenvalue weighted by Gasteiger charge is -2.39. The van der Waals surface area contributed by atoms with E-state index in [1.165, 1.54) is 0 Å². The Morgan fingerprint density at radius 3 is 2.34 bits per heavy atom. The van der Waals surface area contributed by atoms with Crippen LogP contribution in [0.3, 0.4) is 0 Å². The predicted molar refractivity (Wildman–Crippen MR) is 116 cm³/mol. The summed E-state index contributed by atoms with van der Waals surface area (Å²) in [5, 5.41) is 23.0. The molecule has 29 heavy (non-hydrogen) atoms. The third-order valence-corrected chi connectivity index (χ3v) is 5.58. The maximum atomic E-state index is 12.0. The summed E-state index contributed by atoms with van der Waals surface area (Å²) in [6.45, 7) is 10.5. The molecule has 1 aliphatic rings. The van der Waals surface area contributed by atoms with E-state index in [0.29, 0.717) is 23.0 Å². The van der Waals surface area contributed by atoms with Crippen molar-refractivity contribution in [2.75, 3.05) is 11.4 Å². The first-order valence-corrected chi connectivity index (χ1v) is 10.9. The van der Waals surface area contributed by atoms with Crippen molar-refractivity contribution in [1.29, 1.82) is 0 Å². The van der Waals surface area contributed by atoms with Crippen LogP contribution in [0.2, 0.25) is 5.02 Å². The molecule has 0 unspecified atom stereocenters. The van der Waals surface area contributed by atoms with Gasteiger partial charge in [0.25, 0.3) is 0 Å². The van der Waals surface area contributed by atoms with Crippen molar-refractivity contribution in [3.63, 3.8) is 0 Å². The molecule has 1 aromatic carbocycles. The molecule has 0 spiro atoms. The molecule has 0 aliphatic heterocycles. The molecule has 1 aromatic rings. The molecule has 0 aromatic heterocycles. The summed E-state index contributed by atoms with van der Waals surface area (Å²) in [6.07, 6.45) is 2.39. The lowest BCUT2D eigenvalue weighted by Crippen LogP contribution is -2.45. The van der Waals surface area contributed by atoms with Gasteiger partial charge in [0.2, 0.25) is 0 Å². The smallest absolute Gasteiger partial charge is 0.407 e. The second kappa shape index (κ2) is 10.0. The Bertz CT molecular complexity index is 695. The minimum atomic E-state index is -1.55. The molecule has 164 valence electrons. The highest BCUT2D eigenvalue weighted by Gasteiger charge is 2.29. The summed E-state index contributed by atoms with van der Waals surface area (Å²) >= 11 is 6.29. The maximum Gasteiger partial charge on any atom is 0.407 e. The van der Waals surface area contributed by atoms with Gasteiger partial charge < -0.3 is 25.2 Å². The Hall–Kier alpha value is -1.50. The molecule has 1 saturated carbocycles. The number of hydrogen-bond donors (Lipinski definition) is 3. The summed E-state index contributed by atoms with van der Waals surface area (Å²) in [4.78, 5) is 14.3. The Balaban J connectivity index is 2.10. The standard InChI is InChI=1S/C22H35ClN2O4/c1-6-17-18(20(26)27)12-14(23)13-19(17)25(7-2)16-10-8-15(9-11-16)24-21(28)29-22(3,4)5/h12-13,15-16,20,26-27H,6-11H2,1-5H3,(H,24,28). The minimum Gasteiger partial charge on any atom is -0.444 e. The van der Waals surface area contributed by atoms with Crippen LogP contribution in [-0.2, 0) is 11.2 Å². The van der Waals surface area contributed by atoms with Crippen molar-refractivity contribution < 1.29 is 19.7 Å². The largest absolute Gasteiger partial charge is 0.444 e. The predicted octanol–water partition coefficient (Wildman–Crippen LogP) is 4.55. The van der Waals surface area contributed by atoms with E-state index in [1.54, 1.807) is 6.07 Å². The second-order valence-corrected chi connectivity index (χ2v) is 9.09. The van der Waals surface area contributed by atoms with E-state index in [-0.39, 0.29) is 12.1 Å². The zero-order valence-electron chi connectivity index (χ0n) is 18.2. The van der Waals surface area contributed by atoms with Gasteiger partial charge in [-0.15, -0.1) is 0 Å². The second-order valence-electron chi connectivity index (χ2n) is 8.66. The molecule has 1 amide bonds. The van der Waals surface area contributed by atoms with Crippen molar-refractivity contribution >= 4 is 23.4 Å². The van der Waals surface area contributed by atoms with Crippen LogP contribution in [0.1, 0.15) is 77.7 Å². The van der Waals surface area contributed by atoms with Crippen molar-refractivity contribution in [3.8, 4) is 0 Å². The number of ether oxygens (including phenoxy) is 1. The van der Waals surface area contributed by atoms with Crippen LogP contribution in [0.5, 0.6) is 0 Å². The van der Waals surface area contributed by atoms with Gasteiger partial charge in [-0.2, -0.15) is 0 Å². The average Bonchev–Trinajstić information content (AvgIpc) is 2.61. The number of amides is 1. The minimum absolute atomic E-state index is 0.111. The van der Waals surface area contributed by atoms with E-state index in [2.05, 4.69) is 17.1 Å². The first-order chi connectivity index (χ1) is 13.6. The maximum absolute atomic E-state index is 12.0. The molecular formula is C22H35ClN2O4. The van der Waals surface area contributed by atoms with Crippen LogP contribution in [0, 0.1) is 0 Å². The molecule has 0 bridgehead atoms. The highest BCUT2D eigenvalue weighted by molar-refractivity contribution is 6.31. The highest BCUT2D eigenvalue weighted by atomic mass is 35.5. The van der Waals surface area contributed by atoms with Crippen LogP contribution >= 0.6 is 11.6 Å². The van der Waals surface area contributed by atoms with Crippen molar-refractivity contribution in [3.05, 3.63) is 28.3 Å². The number of alkyl carbamates (subject to hydrolysis) is 1. The first kappa shape index (κ1) is 23.8. The molecular weight excluding hydrogens is 392 g/mol. The van der Waals surface area contributed by atoms with Gasteiger partial charge in [-0.25, -0.2) is 4.79 Å². The van der Waals surface area contributed by atoms with Crippen LogP contribution in [0.25, 0.3) is 0 Å². The van der Waals surface area contributed by atoms with Crippen LogP contribution in [0.4, 0.5) is 10.5 Å². The van der Waals surface area contributed by atoms with Crippen molar-refractivity contribution in [2.24, 2.45) is 0 Å². The number of halogens is 1. The zero-order chi connectivity index (χ0) is 21.8. The monoisotopic (exact) mass is 426 g/mol. The summed E-state index contributed by atoms with van der Waals surface area (Å²) in [5.74, 6) is 0. The Kier molecular flexibility index (Phi) is 8.20. The van der Waals surface area contributed by atoms with Gasteiger partial charge in [0.15, 0.2) is 6.29 Å². The molecule has 1 aliphatic carbocycles. The number of carbonyl (C=O) groups excluding carboxylic acids is 1. The molecule has 6 nitrogen and oxygen atoms in total. The van der Waals surface area contributed by atoms with Gasteiger partial charge >= 0.3 is 6.09 Å². The fourth-order valence-corrected chi connectivity index (χ4v) is 4.37. The molecule has 2 rings (SSSR count). The number of anilines is 1. The van der Waals surface area contributed by atoms with E-state index in [4.69, 9.17) is 16.3 Å². The summed E-state index contributed by atoms with van der Waals surface area (Å²) in [6, 6.07) is 3.97. The van der Waals surface area contributed by atoms with E-state index in [9.17, 15) is 15.0 Å². The summed E-state index contributed by atoms with van der Waals surface area (Å²) in [5.41, 5.74) is 1.85. The number of aliphatic hydroxyl groups excluding tert-OH is 1. The molecule has 7 heteroatoms. The molecule has 0 heterocycles. The highest BCUT2D eigenvalue weighted by Crippen LogP contribution is 2.35. The van der Waals surface area contributed by atoms with Gasteiger partial charge in [0, 0.05) is 34.9 Å². The fourth-order valence-electron chi connectivity index (χ4n) is 4.15. The van der Waals surface area contributed by atoms with E-state index in [1.807, 2.05) is 33.8 Å². The van der Waals surface area contributed by atoms with E-state index < -0.39 is 11.9 Å². The van der Waals surface area contributed by atoms with Gasteiger partial charge in [0.1, 0.15) is 5.60 Å². The number of benzene rings is 1. The number of hydrogen-bond acceptors (Lipinski definition) is 5. The molecule has 0 saturated heterocycles. The first-order valence-electron chi connectivity index (χ1n) is 10.5. The lowest BCUT2D eigenvalue weighted by atomic mass is 9.89. The number of aliphatic hydroxyl groups is 2. The lowest BCUT2D eigenvalue weighted by molar-refractivity contribution is -0.0430.